The number of aromatic nitrogens is 3. The van der Waals surface area contributed by atoms with Gasteiger partial charge >= 0.3 is 6.01 Å². The molecular formula is C23H20ClN5O4. The number of rotatable bonds is 5. The average Bonchev–Trinajstić information content (AvgIpc) is 3.21. The van der Waals surface area contributed by atoms with Crippen LogP contribution in [0.15, 0.2) is 48.5 Å². The van der Waals surface area contributed by atoms with Gasteiger partial charge in [-0.1, -0.05) is 23.7 Å². The van der Waals surface area contributed by atoms with Gasteiger partial charge < -0.3 is 19.4 Å². The summed E-state index contributed by atoms with van der Waals surface area (Å²) in [6, 6.07) is 14.6. The minimum Gasteiger partial charge on any atom is -0.425 e. The van der Waals surface area contributed by atoms with Gasteiger partial charge in [0.05, 0.1) is 40.4 Å². The molecule has 1 aliphatic heterocycles. The summed E-state index contributed by atoms with van der Waals surface area (Å²) in [6.07, 6.45) is 0. The maximum Gasteiger partial charge on any atom is 0.301 e. The first-order valence-corrected chi connectivity index (χ1v) is 10.8. The Bertz CT molecular complexity index is 1330. The van der Waals surface area contributed by atoms with Crippen molar-refractivity contribution in [3.63, 3.8) is 0 Å². The standard InChI is InChI=1S/C23H20ClN5O4/c1-14-2-7-17(12-20(14)29(30)31)33-23-25-19-13-18(24)21(26-22(19)27-23)15-3-5-16(6-4-15)28-8-10-32-11-9-28/h2-7,12-13H,8-11H2,1H3,(H,25,26,27). The molecule has 5 rings (SSSR count). The Labute approximate surface area is 194 Å². The number of anilines is 1. The summed E-state index contributed by atoms with van der Waals surface area (Å²) < 4.78 is 11.1. The molecule has 0 spiro atoms. The molecule has 1 fully saturated rings. The number of hydrogen-bond donors (Lipinski definition) is 1. The van der Waals surface area contributed by atoms with Gasteiger partial charge in [0.25, 0.3) is 5.69 Å². The Hall–Kier alpha value is -3.69. The van der Waals surface area contributed by atoms with Gasteiger partial charge in [0.15, 0.2) is 5.65 Å². The van der Waals surface area contributed by atoms with Crippen molar-refractivity contribution in [2.24, 2.45) is 0 Å². The summed E-state index contributed by atoms with van der Waals surface area (Å²) in [6.45, 7) is 4.86. The van der Waals surface area contributed by atoms with Crippen LogP contribution in [0.2, 0.25) is 5.02 Å². The predicted molar refractivity (Wildman–Crippen MR) is 125 cm³/mol. The first-order chi connectivity index (χ1) is 16.0. The van der Waals surface area contributed by atoms with Gasteiger partial charge in [-0.3, -0.25) is 10.1 Å². The fourth-order valence-corrected chi connectivity index (χ4v) is 4.02. The molecule has 4 aromatic rings. The van der Waals surface area contributed by atoms with Crippen LogP contribution >= 0.6 is 11.6 Å². The van der Waals surface area contributed by atoms with Crippen molar-refractivity contribution in [1.82, 2.24) is 15.0 Å². The lowest BCUT2D eigenvalue weighted by molar-refractivity contribution is -0.385. The summed E-state index contributed by atoms with van der Waals surface area (Å²) >= 11 is 6.52. The number of nitrogens with one attached hydrogen (secondary N) is 1. The number of halogens is 1. The Morgan fingerprint density at radius 3 is 2.61 bits per heavy atom. The number of nitro benzene ring substituents is 1. The highest BCUT2D eigenvalue weighted by atomic mass is 35.5. The molecule has 33 heavy (non-hydrogen) atoms. The summed E-state index contributed by atoms with van der Waals surface area (Å²) in [7, 11) is 0. The molecule has 0 amide bonds. The maximum atomic E-state index is 11.2. The second-order valence-electron chi connectivity index (χ2n) is 7.69. The van der Waals surface area contributed by atoms with Crippen molar-refractivity contribution in [2.75, 3.05) is 31.2 Å². The zero-order valence-corrected chi connectivity index (χ0v) is 18.5. The van der Waals surface area contributed by atoms with Crippen molar-refractivity contribution < 1.29 is 14.4 Å². The number of aryl methyl sites for hydroxylation is 1. The number of aromatic amines is 1. The molecule has 0 aliphatic carbocycles. The number of hydrogen-bond acceptors (Lipinski definition) is 7. The number of ether oxygens (including phenoxy) is 2. The van der Waals surface area contributed by atoms with E-state index in [2.05, 4.69) is 19.9 Å². The van der Waals surface area contributed by atoms with E-state index in [1.54, 1.807) is 25.1 Å². The van der Waals surface area contributed by atoms with E-state index in [1.165, 1.54) is 6.07 Å². The fraction of sp³-hybridized carbons (Fsp3) is 0.217. The van der Waals surface area contributed by atoms with Gasteiger partial charge in [0.1, 0.15) is 5.75 Å². The van der Waals surface area contributed by atoms with Crippen molar-refractivity contribution in [3.05, 3.63) is 69.2 Å². The maximum absolute atomic E-state index is 11.2. The van der Waals surface area contributed by atoms with Gasteiger partial charge in [-0.25, -0.2) is 4.98 Å². The van der Waals surface area contributed by atoms with E-state index in [-0.39, 0.29) is 11.7 Å². The number of imidazole rings is 1. The molecular weight excluding hydrogens is 446 g/mol. The van der Waals surface area contributed by atoms with E-state index in [1.807, 2.05) is 24.3 Å². The normalized spacial score (nSPS) is 13.9. The Balaban J connectivity index is 1.41. The van der Waals surface area contributed by atoms with Gasteiger partial charge in [-0.2, -0.15) is 4.98 Å². The van der Waals surface area contributed by atoms with E-state index < -0.39 is 4.92 Å². The molecule has 168 valence electrons. The van der Waals surface area contributed by atoms with Gasteiger partial charge in [0.2, 0.25) is 0 Å². The van der Waals surface area contributed by atoms with Crippen molar-refractivity contribution in [1.29, 1.82) is 0 Å². The number of H-pyrrole nitrogens is 1. The van der Waals surface area contributed by atoms with Gasteiger partial charge in [-0.05, 0) is 37.3 Å². The third-order valence-corrected chi connectivity index (χ3v) is 5.80. The second-order valence-corrected chi connectivity index (χ2v) is 8.09. The quantitative estimate of drug-likeness (QED) is 0.322. The number of pyridine rings is 1. The summed E-state index contributed by atoms with van der Waals surface area (Å²) in [5.74, 6) is 0.302. The molecule has 1 aliphatic rings. The molecule has 0 atom stereocenters. The van der Waals surface area contributed by atoms with Crippen LogP contribution < -0.4 is 9.64 Å². The molecule has 2 aromatic carbocycles. The highest BCUT2D eigenvalue weighted by Gasteiger charge is 2.16. The largest absolute Gasteiger partial charge is 0.425 e. The molecule has 3 heterocycles. The van der Waals surface area contributed by atoms with Crippen molar-refractivity contribution in [3.8, 4) is 23.0 Å². The van der Waals surface area contributed by atoms with Crippen LogP contribution in [0, 0.1) is 17.0 Å². The molecule has 1 N–H and O–H groups in total. The van der Waals surface area contributed by atoms with E-state index in [0.29, 0.717) is 33.2 Å². The number of morpholine rings is 1. The van der Waals surface area contributed by atoms with Crippen LogP contribution in [0.5, 0.6) is 11.8 Å². The lowest BCUT2D eigenvalue weighted by atomic mass is 10.1. The zero-order valence-electron chi connectivity index (χ0n) is 17.7. The summed E-state index contributed by atoms with van der Waals surface area (Å²) in [5.41, 5.74) is 4.18. The highest BCUT2D eigenvalue weighted by Crippen LogP contribution is 2.32. The molecule has 10 heteroatoms. The molecule has 2 aromatic heterocycles. The number of nitrogens with zero attached hydrogens (tertiary/aromatic N) is 4. The predicted octanol–water partition coefficient (Wildman–Crippen LogP) is 5.12. The van der Waals surface area contributed by atoms with Crippen LogP contribution in [0.3, 0.4) is 0 Å². The third-order valence-electron chi connectivity index (χ3n) is 5.51. The first-order valence-electron chi connectivity index (χ1n) is 10.4. The van der Waals surface area contributed by atoms with Crippen LogP contribution in [0.4, 0.5) is 11.4 Å². The lowest BCUT2D eigenvalue weighted by Gasteiger charge is -2.28. The van der Waals surface area contributed by atoms with Crippen LogP contribution in [-0.2, 0) is 4.74 Å². The van der Waals surface area contributed by atoms with E-state index in [4.69, 9.17) is 21.1 Å². The minimum absolute atomic E-state index is 0.0207. The Kier molecular flexibility index (Phi) is 5.57. The van der Waals surface area contributed by atoms with Gasteiger partial charge in [-0.15, -0.1) is 0 Å². The van der Waals surface area contributed by atoms with Crippen LogP contribution in [0.25, 0.3) is 22.4 Å². The summed E-state index contributed by atoms with van der Waals surface area (Å²) in [4.78, 5) is 25.0. The van der Waals surface area contributed by atoms with E-state index in [9.17, 15) is 10.1 Å². The van der Waals surface area contributed by atoms with E-state index >= 15 is 0 Å². The number of nitro groups is 1. The van der Waals surface area contributed by atoms with Gasteiger partial charge in [0, 0.05) is 29.9 Å². The molecule has 0 bridgehead atoms. The molecule has 9 nitrogen and oxygen atoms in total. The molecule has 1 saturated heterocycles. The topological polar surface area (TPSA) is 106 Å². The molecule has 0 saturated carbocycles. The summed E-state index contributed by atoms with van der Waals surface area (Å²) in [5, 5.41) is 11.7. The second kappa shape index (κ2) is 8.68. The molecule has 0 unspecified atom stereocenters. The smallest absolute Gasteiger partial charge is 0.301 e. The number of benzene rings is 2. The Morgan fingerprint density at radius 2 is 1.88 bits per heavy atom. The SMILES string of the molecule is Cc1ccc(Oc2nc3nc(-c4ccc(N5CCOCC5)cc4)c(Cl)cc3[nH]2)cc1[N+](=O)[O-]. The van der Waals surface area contributed by atoms with Crippen molar-refractivity contribution in [2.45, 2.75) is 6.92 Å². The highest BCUT2D eigenvalue weighted by molar-refractivity contribution is 6.33. The average molecular weight is 466 g/mol. The number of fused-ring (bicyclic) bond motifs is 1. The zero-order chi connectivity index (χ0) is 22.9. The lowest BCUT2D eigenvalue weighted by Crippen LogP contribution is -2.36. The van der Waals surface area contributed by atoms with Crippen molar-refractivity contribution >= 4 is 34.1 Å². The molecule has 0 radical (unpaired) electrons. The Morgan fingerprint density at radius 1 is 1.12 bits per heavy atom. The minimum atomic E-state index is -0.446. The monoisotopic (exact) mass is 465 g/mol. The third kappa shape index (κ3) is 4.33. The first kappa shape index (κ1) is 21.2. The fourth-order valence-electron chi connectivity index (χ4n) is 3.76. The van der Waals surface area contributed by atoms with E-state index in [0.717, 1.165) is 37.6 Å². The van der Waals surface area contributed by atoms with Crippen LogP contribution in [-0.4, -0.2) is 46.2 Å². The van der Waals surface area contributed by atoms with Crippen LogP contribution in [0.1, 0.15) is 5.56 Å².